The molecule has 1 fully saturated rings. The van der Waals surface area contributed by atoms with Crippen LogP contribution in [0.25, 0.3) is 10.2 Å². The molecule has 0 saturated heterocycles. The van der Waals surface area contributed by atoms with E-state index in [0.717, 1.165) is 46.7 Å². The molecule has 3 aromatic heterocycles. The molecule has 0 bridgehead atoms. The Morgan fingerprint density at radius 3 is 2.90 bits per heavy atom. The van der Waals surface area contributed by atoms with Gasteiger partial charge in [-0.2, -0.15) is 4.98 Å². The number of hydrogen-bond acceptors (Lipinski definition) is 9. The molecule has 3 heterocycles. The van der Waals surface area contributed by atoms with Crippen molar-refractivity contribution in [2.24, 2.45) is 0 Å². The summed E-state index contributed by atoms with van der Waals surface area (Å²) in [5, 5.41) is 24.4. The molecule has 4 N–H and O–H groups in total. The molecule has 1 aliphatic carbocycles. The Morgan fingerprint density at radius 2 is 2.13 bits per heavy atom. The van der Waals surface area contributed by atoms with Gasteiger partial charge in [0.15, 0.2) is 0 Å². The number of aliphatic hydroxyl groups is 1. The Balaban J connectivity index is 1.47. The Bertz CT molecular complexity index is 1040. The zero-order valence-corrected chi connectivity index (χ0v) is 19.2. The topological polar surface area (TPSA) is 108 Å². The molecule has 166 valence electrons. The number of methoxy groups -OCH3 is 1. The first-order valence-electron chi connectivity index (χ1n) is 10.3. The number of carbonyl (C=O) groups is 1. The van der Waals surface area contributed by atoms with Gasteiger partial charge in [-0.1, -0.05) is 0 Å². The summed E-state index contributed by atoms with van der Waals surface area (Å²) >= 11 is 3.04. The van der Waals surface area contributed by atoms with Crippen molar-refractivity contribution >= 4 is 55.6 Å². The summed E-state index contributed by atoms with van der Waals surface area (Å²) in [6.45, 7) is 2.85. The number of amides is 1. The second-order valence-electron chi connectivity index (χ2n) is 8.02. The Hall–Kier alpha value is -2.27. The smallest absolute Gasteiger partial charge is 0.252 e. The number of fused-ring (bicyclic) bond motifs is 1. The second-order valence-corrected chi connectivity index (χ2v) is 9.85. The van der Waals surface area contributed by atoms with Gasteiger partial charge in [-0.15, -0.1) is 22.7 Å². The minimum absolute atomic E-state index is 0.133. The molecule has 8 nitrogen and oxygen atoms in total. The van der Waals surface area contributed by atoms with Crippen molar-refractivity contribution < 1.29 is 14.6 Å². The van der Waals surface area contributed by atoms with E-state index in [-0.39, 0.29) is 11.9 Å². The van der Waals surface area contributed by atoms with Gasteiger partial charge in [-0.25, -0.2) is 4.98 Å². The third-order valence-corrected chi connectivity index (χ3v) is 7.15. The van der Waals surface area contributed by atoms with Crippen LogP contribution in [0.5, 0.6) is 0 Å². The van der Waals surface area contributed by atoms with Crippen LogP contribution >= 0.6 is 22.7 Å². The third kappa shape index (κ3) is 5.51. The van der Waals surface area contributed by atoms with E-state index in [1.807, 2.05) is 18.4 Å². The third-order valence-electron chi connectivity index (χ3n) is 5.40. The minimum Gasteiger partial charge on any atom is -0.390 e. The van der Waals surface area contributed by atoms with Gasteiger partial charge < -0.3 is 25.8 Å². The normalized spacial score (nSPS) is 21.2. The van der Waals surface area contributed by atoms with Crippen LogP contribution in [0, 0.1) is 0 Å². The second kappa shape index (κ2) is 9.47. The van der Waals surface area contributed by atoms with E-state index >= 15 is 0 Å². The van der Waals surface area contributed by atoms with Crippen LogP contribution in [-0.4, -0.2) is 52.9 Å². The molecule has 1 amide bonds. The van der Waals surface area contributed by atoms with Gasteiger partial charge in [0.2, 0.25) is 5.95 Å². The summed E-state index contributed by atoms with van der Waals surface area (Å²) in [7, 11) is 1.60. The molecule has 0 atom stereocenters. The largest absolute Gasteiger partial charge is 0.390 e. The van der Waals surface area contributed by atoms with E-state index in [4.69, 9.17) is 9.72 Å². The van der Waals surface area contributed by atoms with Gasteiger partial charge >= 0.3 is 0 Å². The lowest BCUT2D eigenvalue weighted by Gasteiger charge is -2.33. The molecule has 0 spiro atoms. The van der Waals surface area contributed by atoms with Crippen molar-refractivity contribution in [3.8, 4) is 0 Å². The first-order valence-corrected chi connectivity index (χ1v) is 12.1. The molecule has 31 heavy (non-hydrogen) atoms. The number of ether oxygens (including phenoxy) is 1. The predicted molar refractivity (Wildman–Crippen MR) is 126 cm³/mol. The lowest BCUT2D eigenvalue weighted by molar-refractivity contribution is 0.0196. The number of nitrogens with one attached hydrogen (secondary N) is 3. The van der Waals surface area contributed by atoms with Crippen molar-refractivity contribution in [3.63, 3.8) is 0 Å². The maximum atomic E-state index is 12.2. The fourth-order valence-electron chi connectivity index (χ4n) is 3.59. The Kier molecular flexibility index (Phi) is 6.71. The van der Waals surface area contributed by atoms with Crippen LogP contribution in [0.2, 0.25) is 0 Å². The molecule has 0 radical (unpaired) electrons. The summed E-state index contributed by atoms with van der Waals surface area (Å²) in [6.07, 6.45) is 3.36. The molecule has 0 aliphatic heterocycles. The average Bonchev–Trinajstić information content (AvgIpc) is 3.39. The number of anilines is 3. The van der Waals surface area contributed by atoms with E-state index < -0.39 is 5.60 Å². The van der Waals surface area contributed by atoms with Gasteiger partial charge in [-0.3, -0.25) is 4.79 Å². The quantitative estimate of drug-likeness (QED) is 0.376. The molecule has 0 unspecified atom stereocenters. The van der Waals surface area contributed by atoms with Crippen LogP contribution in [0.4, 0.5) is 16.8 Å². The van der Waals surface area contributed by atoms with Gasteiger partial charge in [-0.05, 0) is 50.1 Å². The summed E-state index contributed by atoms with van der Waals surface area (Å²) in [5.74, 6) is 1.17. The predicted octanol–water partition coefficient (Wildman–Crippen LogP) is 3.98. The van der Waals surface area contributed by atoms with Crippen LogP contribution in [0.1, 0.15) is 43.0 Å². The molecular weight excluding hydrogens is 434 g/mol. The van der Waals surface area contributed by atoms with E-state index in [9.17, 15) is 9.90 Å². The molecule has 10 heteroatoms. The van der Waals surface area contributed by atoms with Gasteiger partial charge in [0, 0.05) is 25.1 Å². The van der Waals surface area contributed by atoms with E-state index in [1.54, 1.807) is 29.9 Å². The maximum absolute atomic E-state index is 12.2. The van der Waals surface area contributed by atoms with Crippen LogP contribution in [-0.2, 0) is 4.74 Å². The lowest BCUT2D eigenvalue weighted by atomic mass is 9.84. The number of rotatable bonds is 8. The van der Waals surface area contributed by atoms with Gasteiger partial charge in [0.05, 0.1) is 33.0 Å². The molecular formula is C21H27N5O3S2. The number of carbonyl (C=O) groups excluding carboxylic acids is 1. The standard InChI is InChI=1S/C21H27N5O3S2/c1-21(28)6-3-14(4-7-21)23-18-17-15(5-10-30-17)24-20(26-18)25-16-11-13(12-31-16)19(27)22-8-9-29-2/h5,10-12,14,28H,3-4,6-9H2,1-2H3,(H,22,27)(H2,23,24,25,26). The first-order chi connectivity index (χ1) is 14.9. The maximum Gasteiger partial charge on any atom is 0.252 e. The monoisotopic (exact) mass is 461 g/mol. The van der Waals surface area contributed by atoms with Gasteiger partial charge in [0.25, 0.3) is 5.91 Å². The Morgan fingerprint density at radius 1 is 1.32 bits per heavy atom. The van der Waals surface area contributed by atoms with Crippen LogP contribution in [0.15, 0.2) is 22.9 Å². The molecule has 3 aromatic rings. The zero-order valence-electron chi connectivity index (χ0n) is 17.6. The van der Waals surface area contributed by atoms with Crippen molar-refractivity contribution in [2.75, 3.05) is 30.9 Å². The highest BCUT2D eigenvalue weighted by molar-refractivity contribution is 7.17. The van der Waals surface area contributed by atoms with Crippen LogP contribution in [0.3, 0.4) is 0 Å². The fraction of sp³-hybridized carbons (Fsp3) is 0.476. The highest BCUT2D eigenvalue weighted by Crippen LogP contribution is 2.33. The highest BCUT2D eigenvalue weighted by Gasteiger charge is 2.29. The van der Waals surface area contributed by atoms with Crippen molar-refractivity contribution in [2.45, 2.75) is 44.2 Å². The highest BCUT2D eigenvalue weighted by atomic mass is 32.1. The van der Waals surface area contributed by atoms with Crippen molar-refractivity contribution in [1.29, 1.82) is 0 Å². The number of hydrogen-bond donors (Lipinski definition) is 4. The number of aromatic nitrogens is 2. The lowest BCUT2D eigenvalue weighted by Crippen LogP contribution is -2.35. The SMILES string of the molecule is COCCNC(=O)c1csc(Nc2nc(NC3CCC(C)(O)CC3)c3sccc3n2)c1. The summed E-state index contributed by atoms with van der Waals surface area (Å²) in [5.41, 5.74) is 0.899. The first kappa shape index (κ1) is 21.9. The summed E-state index contributed by atoms with van der Waals surface area (Å²) in [6, 6.07) is 4.05. The molecule has 1 aliphatic rings. The van der Waals surface area contributed by atoms with Crippen molar-refractivity contribution in [1.82, 2.24) is 15.3 Å². The van der Waals surface area contributed by atoms with E-state index in [1.165, 1.54) is 11.3 Å². The molecule has 1 saturated carbocycles. The fourth-order valence-corrected chi connectivity index (χ4v) is 5.15. The van der Waals surface area contributed by atoms with Gasteiger partial charge in [0.1, 0.15) is 5.82 Å². The summed E-state index contributed by atoms with van der Waals surface area (Å²) < 4.78 is 5.98. The average molecular weight is 462 g/mol. The minimum atomic E-state index is -0.568. The van der Waals surface area contributed by atoms with Crippen LogP contribution < -0.4 is 16.0 Å². The van der Waals surface area contributed by atoms with E-state index in [0.29, 0.717) is 24.7 Å². The molecule has 4 rings (SSSR count). The zero-order chi connectivity index (χ0) is 21.8. The van der Waals surface area contributed by atoms with Crippen molar-refractivity contribution in [3.05, 3.63) is 28.5 Å². The number of nitrogens with zero attached hydrogens (tertiary/aromatic N) is 2. The molecule has 0 aromatic carbocycles. The Labute approximate surface area is 189 Å². The number of thiophene rings is 2. The summed E-state index contributed by atoms with van der Waals surface area (Å²) in [4.78, 5) is 21.5. The van der Waals surface area contributed by atoms with E-state index in [2.05, 4.69) is 20.9 Å².